The van der Waals surface area contributed by atoms with E-state index in [1.165, 1.54) is 25.3 Å². The van der Waals surface area contributed by atoms with Crippen molar-refractivity contribution >= 4 is 11.8 Å². The minimum Gasteiger partial charge on any atom is -0.493 e. The van der Waals surface area contributed by atoms with Crippen molar-refractivity contribution in [1.29, 1.82) is 0 Å². The fraction of sp³-hybridized carbons (Fsp3) is 0.467. The van der Waals surface area contributed by atoms with Crippen LogP contribution in [0.1, 0.15) is 29.6 Å². The van der Waals surface area contributed by atoms with E-state index in [2.05, 4.69) is 15.4 Å². The van der Waals surface area contributed by atoms with Crippen molar-refractivity contribution in [3.8, 4) is 11.5 Å². The third-order valence-corrected chi connectivity index (χ3v) is 3.49. The standard InChI is InChI=1S/C15H18F2N2O4/c1-22-11-7-4-5-9(12(11)23-15(16)17)13(20)19-10-6-2-3-8-18-14(10)21/h4-5,7,10,15H,2-3,6,8H2,1H3,(H,18,21)(H,19,20)/t10-/m0/s1. The second kappa shape index (κ2) is 7.75. The molecule has 1 atom stereocenters. The summed E-state index contributed by atoms with van der Waals surface area (Å²) in [6.45, 7) is -2.54. The average Bonchev–Trinajstić information content (AvgIpc) is 2.72. The maximum Gasteiger partial charge on any atom is 0.387 e. The molecule has 2 amide bonds. The van der Waals surface area contributed by atoms with Gasteiger partial charge < -0.3 is 20.1 Å². The zero-order valence-electron chi connectivity index (χ0n) is 12.6. The minimum atomic E-state index is -3.10. The van der Waals surface area contributed by atoms with Crippen LogP contribution in [0, 0.1) is 0 Å². The van der Waals surface area contributed by atoms with Crippen LogP contribution in [0.15, 0.2) is 18.2 Å². The molecule has 2 N–H and O–H groups in total. The molecule has 0 spiro atoms. The highest BCUT2D eigenvalue weighted by Crippen LogP contribution is 2.32. The highest BCUT2D eigenvalue weighted by Gasteiger charge is 2.26. The molecule has 6 nitrogen and oxygen atoms in total. The second-order valence-electron chi connectivity index (χ2n) is 5.03. The molecule has 0 aromatic heterocycles. The van der Waals surface area contributed by atoms with Crippen LogP contribution in [-0.4, -0.2) is 38.1 Å². The van der Waals surface area contributed by atoms with Gasteiger partial charge >= 0.3 is 6.61 Å². The zero-order valence-corrected chi connectivity index (χ0v) is 12.6. The van der Waals surface area contributed by atoms with Gasteiger partial charge in [0.05, 0.1) is 12.7 Å². The first kappa shape index (κ1) is 17.0. The zero-order chi connectivity index (χ0) is 16.8. The van der Waals surface area contributed by atoms with Gasteiger partial charge in [0.1, 0.15) is 6.04 Å². The largest absolute Gasteiger partial charge is 0.493 e. The van der Waals surface area contributed by atoms with Gasteiger partial charge in [-0.05, 0) is 31.4 Å². The Labute approximate surface area is 132 Å². The van der Waals surface area contributed by atoms with Crippen molar-refractivity contribution in [2.45, 2.75) is 31.9 Å². The molecule has 0 radical (unpaired) electrons. The number of alkyl halides is 2. The van der Waals surface area contributed by atoms with E-state index >= 15 is 0 Å². The van der Waals surface area contributed by atoms with Gasteiger partial charge in [0.2, 0.25) is 5.91 Å². The maximum absolute atomic E-state index is 12.6. The van der Waals surface area contributed by atoms with Gasteiger partial charge in [0.25, 0.3) is 5.91 Å². The van der Waals surface area contributed by atoms with Crippen LogP contribution < -0.4 is 20.1 Å². The molecule has 0 saturated carbocycles. The normalized spacial score (nSPS) is 18.1. The average molecular weight is 328 g/mol. The van der Waals surface area contributed by atoms with Gasteiger partial charge in [-0.2, -0.15) is 8.78 Å². The van der Waals surface area contributed by atoms with Crippen molar-refractivity contribution < 1.29 is 27.8 Å². The summed E-state index contributed by atoms with van der Waals surface area (Å²) >= 11 is 0. The minimum absolute atomic E-state index is 0.0169. The fourth-order valence-corrected chi connectivity index (χ4v) is 2.38. The summed E-state index contributed by atoms with van der Waals surface area (Å²) in [7, 11) is 1.29. The van der Waals surface area contributed by atoms with Crippen molar-refractivity contribution in [1.82, 2.24) is 10.6 Å². The number of methoxy groups -OCH3 is 1. The van der Waals surface area contributed by atoms with Crippen LogP contribution in [-0.2, 0) is 4.79 Å². The monoisotopic (exact) mass is 328 g/mol. The van der Waals surface area contributed by atoms with Gasteiger partial charge in [-0.3, -0.25) is 9.59 Å². The quantitative estimate of drug-likeness (QED) is 0.862. The number of benzene rings is 1. The molecule has 8 heteroatoms. The van der Waals surface area contributed by atoms with Crippen molar-refractivity contribution in [2.24, 2.45) is 0 Å². The van der Waals surface area contributed by atoms with E-state index in [0.29, 0.717) is 13.0 Å². The first-order chi connectivity index (χ1) is 11.0. The third-order valence-electron chi connectivity index (χ3n) is 3.49. The number of rotatable bonds is 5. The molecule has 2 rings (SSSR count). The number of hydrogen-bond donors (Lipinski definition) is 2. The van der Waals surface area contributed by atoms with Crippen molar-refractivity contribution in [3.63, 3.8) is 0 Å². The smallest absolute Gasteiger partial charge is 0.387 e. The van der Waals surface area contributed by atoms with Crippen LogP contribution in [0.2, 0.25) is 0 Å². The molecule has 1 aromatic carbocycles. The fourth-order valence-electron chi connectivity index (χ4n) is 2.38. The molecule has 1 fully saturated rings. The van der Waals surface area contributed by atoms with Crippen LogP contribution >= 0.6 is 0 Å². The SMILES string of the molecule is COc1cccc(C(=O)N[C@H]2CCCCNC2=O)c1OC(F)F. The van der Waals surface area contributed by atoms with E-state index < -0.39 is 18.6 Å². The molecule has 1 heterocycles. The maximum atomic E-state index is 12.6. The number of amides is 2. The van der Waals surface area contributed by atoms with Gasteiger partial charge in [0.15, 0.2) is 11.5 Å². The molecular weight excluding hydrogens is 310 g/mol. The Morgan fingerprint density at radius 1 is 1.39 bits per heavy atom. The Morgan fingerprint density at radius 2 is 2.17 bits per heavy atom. The topological polar surface area (TPSA) is 76.7 Å². The number of para-hydroxylation sites is 1. The van der Waals surface area contributed by atoms with E-state index in [4.69, 9.17) is 4.74 Å². The Morgan fingerprint density at radius 3 is 2.87 bits per heavy atom. The molecular formula is C15H18F2N2O4. The summed E-state index contributed by atoms with van der Waals surface area (Å²) in [5, 5.41) is 5.25. The third kappa shape index (κ3) is 4.30. The second-order valence-corrected chi connectivity index (χ2v) is 5.03. The molecule has 1 aliphatic heterocycles. The number of carbonyl (C=O) groups excluding carboxylic acids is 2. The van der Waals surface area contributed by atoms with E-state index in [1.54, 1.807) is 0 Å². The van der Waals surface area contributed by atoms with E-state index in [-0.39, 0.29) is 23.0 Å². The predicted molar refractivity (Wildman–Crippen MR) is 77.7 cm³/mol. The molecule has 126 valence electrons. The van der Waals surface area contributed by atoms with Crippen molar-refractivity contribution in [3.05, 3.63) is 23.8 Å². The van der Waals surface area contributed by atoms with E-state index in [9.17, 15) is 18.4 Å². The Balaban J connectivity index is 2.22. The lowest BCUT2D eigenvalue weighted by molar-refractivity contribution is -0.122. The lowest BCUT2D eigenvalue weighted by atomic mass is 10.1. The Kier molecular flexibility index (Phi) is 5.72. The molecule has 23 heavy (non-hydrogen) atoms. The van der Waals surface area contributed by atoms with Crippen LogP contribution in [0.5, 0.6) is 11.5 Å². The molecule has 1 aliphatic rings. The highest BCUT2D eigenvalue weighted by molar-refractivity contribution is 6.00. The van der Waals surface area contributed by atoms with Crippen LogP contribution in [0.25, 0.3) is 0 Å². The molecule has 1 aromatic rings. The van der Waals surface area contributed by atoms with Crippen molar-refractivity contribution in [2.75, 3.05) is 13.7 Å². The molecule has 0 bridgehead atoms. The summed E-state index contributed by atoms with van der Waals surface area (Å²) in [6, 6.07) is 3.53. The lowest BCUT2D eigenvalue weighted by Gasteiger charge is -2.18. The van der Waals surface area contributed by atoms with Gasteiger partial charge in [0, 0.05) is 6.54 Å². The Hall–Kier alpha value is -2.38. The van der Waals surface area contributed by atoms with Gasteiger partial charge in [-0.25, -0.2) is 0 Å². The van der Waals surface area contributed by atoms with Crippen LogP contribution in [0.3, 0.4) is 0 Å². The van der Waals surface area contributed by atoms with E-state index in [0.717, 1.165) is 12.8 Å². The summed E-state index contributed by atoms with van der Waals surface area (Å²) < 4.78 is 34.5. The molecule has 1 saturated heterocycles. The van der Waals surface area contributed by atoms with Crippen LogP contribution in [0.4, 0.5) is 8.78 Å². The van der Waals surface area contributed by atoms with Gasteiger partial charge in [-0.15, -0.1) is 0 Å². The summed E-state index contributed by atoms with van der Waals surface area (Å²) in [5.74, 6) is -1.28. The van der Waals surface area contributed by atoms with Gasteiger partial charge in [-0.1, -0.05) is 6.07 Å². The summed E-state index contributed by atoms with van der Waals surface area (Å²) in [5.41, 5.74) is -0.110. The summed E-state index contributed by atoms with van der Waals surface area (Å²) in [6.07, 6.45) is 2.10. The van der Waals surface area contributed by atoms with E-state index in [1.807, 2.05) is 0 Å². The molecule has 0 aliphatic carbocycles. The first-order valence-corrected chi connectivity index (χ1v) is 7.23. The number of hydrogen-bond acceptors (Lipinski definition) is 4. The number of halogens is 2. The number of carbonyl (C=O) groups is 2. The number of ether oxygens (including phenoxy) is 2. The lowest BCUT2D eigenvalue weighted by Crippen LogP contribution is -2.45. The predicted octanol–water partition coefficient (Wildman–Crippen LogP) is 1.70. The summed E-state index contributed by atoms with van der Waals surface area (Å²) in [4.78, 5) is 24.2. The first-order valence-electron chi connectivity index (χ1n) is 7.23. The molecule has 0 unspecified atom stereocenters. The Bertz CT molecular complexity index is 581. The number of nitrogens with one attached hydrogen (secondary N) is 2. The highest BCUT2D eigenvalue weighted by atomic mass is 19.3.